The van der Waals surface area contributed by atoms with Gasteiger partial charge >= 0.3 is 12.0 Å². The number of urea groups is 1. The number of carbonyl (C=O) groups is 2. The van der Waals surface area contributed by atoms with Crippen molar-refractivity contribution in [3.63, 3.8) is 0 Å². The molecule has 0 radical (unpaired) electrons. The molecule has 0 atom stereocenters. The first-order valence-corrected chi connectivity index (χ1v) is 6.79. The number of methoxy groups -OCH3 is 1. The maximum absolute atomic E-state index is 12.0. The molecule has 0 saturated heterocycles. The van der Waals surface area contributed by atoms with Gasteiger partial charge in [0.1, 0.15) is 6.54 Å². The van der Waals surface area contributed by atoms with Crippen molar-refractivity contribution in [1.82, 2.24) is 10.2 Å². The number of aliphatic carboxylic acids is 1. The summed E-state index contributed by atoms with van der Waals surface area (Å²) in [6.45, 7) is 2.55. The zero-order valence-electron chi connectivity index (χ0n) is 11.7. The number of nitrogens with one attached hydrogen (secondary N) is 1. The Labute approximate surface area is 114 Å². The summed E-state index contributed by atoms with van der Waals surface area (Å²) in [5, 5.41) is 11.7. The van der Waals surface area contributed by atoms with E-state index in [9.17, 15) is 9.59 Å². The largest absolute Gasteiger partial charge is 0.480 e. The second kappa shape index (κ2) is 7.99. The molecule has 1 aliphatic carbocycles. The van der Waals surface area contributed by atoms with E-state index in [1.165, 1.54) is 12.0 Å². The van der Waals surface area contributed by atoms with Crippen LogP contribution in [0.1, 0.15) is 32.6 Å². The standard InChI is InChI=1S/C13H24N2O4/c1-10-3-5-11(6-4-10)14-13(18)15(7-8-19-2)9-12(16)17/h10-11H,3-9H2,1-2H3,(H,14,18)(H,16,17). The second-order valence-electron chi connectivity index (χ2n) is 5.21. The molecule has 1 rings (SSSR count). The van der Waals surface area contributed by atoms with E-state index in [0.29, 0.717) is 6.61 Å². The van der Waals surface area contributed by atoms with Crippen LogP contribution >= 0.6 is 0 Å². The van der Waals surface area contributed by atoms with Gasteiger partial charge in [-0.2, -0.15) is 0 Å². The van der Waals surface area contributed by atoms with Crippen molar-refractivity contribution >= 4 is 12.0 Å². The lowest BCUT2D eigenvalue weighted by molar-refractivity contribution is -0.137. The molecule has 6 nitrogen and oxygen atoms in total. The Hall–Kier alpha value is -1.30. The highest BCUT2D eigenvalue weighted by atomic mass is 16.5. The summed E-state index contributed by atoms with van der Waals surface area (Å²) in [6.07, 6.45) is 4.17. The van der Waals surface area contributed by atoms with Gasteiger partial charge in [0.05, 0.1) is 6.61 Å². The number of rotatable bonds is 6. The smallest absolute Gasteiger partial charge is 0.323 e. The van der Waals surface area contributed by atoms with Gasteiger partial charge in [-0.1, -0.05) is 6.92 Å². The fourth-order valence-corrected chi connectivity index (χ4v) is 2.29. The van der Waals surface area contributed by atoms with E-state index < -0.39 is 5.97 Å². The van der Waals surface area contributed by atoms with E-state index in [0.717, 1.165) is 31.6 Å². The molecule has 0 aromatic rings. The molecule has 19 heavy (non-hydrogen) atoms. The topological polar surface area (TPSA) is 78.9 Å². The molecular formula is C13H24N2O4. The van der Waals surface area contributed by atoms with Crippen LogP contribution < -0.4 is 5.32 Å². The molecule has 2 amide bonds. The highest BCUT2D eigenvalue weighted by Crippen LogP contribution is 2.23. The molecule has 0 spiro atoms. The molecule has 2 N–H and O–H groups in total. The van der Waals surface area contributed by atoms with Gasteiger partial charge in [-0.3, -0.25) is 4.79 Å². The molecule has 1 aliphatic rings. The predicted molar refractivity (Wildman–Crippen MR) is 71.0 cm³/mol. The molecule has 110 valence electrons. The Morgan fingerprint density at radius 2 is 1.95 bits per heavy atom. The van der Waals surface area contributed by atoms with E-state index in [2.05, 4.69) is 12.2 Å². The van der Waals surface area contributed by atoms with Crippen LogP contribution in [0.25, 0.3) is 0 Å². The minimum absolute atomic E-state index is 0.169. The molecule has 6 heteroatoms. The van der Waals surface area contributed by atoms with Crippen LogP contribution in [-0.2, 0) is 9.53 Å². The zero-order valence-corrected chi connectivity index (χ0v) is 11.7. The van der Waals surface area contributed by atoms with Crippen LogP contribution in [0.4, 0.5) is 4.79 Å². The van der Waals surface area contributed by atoms with E-state index in [-0.39, 0.29) is 25.2 Å². The summed E-state index contributed by atoms with van der Waals surface area (Å²) >= 11 is 0. The first kappa shape index (κ1) is 15.8. The van der Waals surface area contributed by atoms with E-state index in [4.69, 9.17) is 9.84 Å². The van der Waals surface area contributed by atoms with Crippen LogP contribution in [0.5, 0.6) is 0 Å². The molecule has 0 aromatic heterocycles. The Bertz CT molecular complexity index is 301. The summed E-state index contributed by atoms with van der Waals surface area (Å²) in [5.41, 5.74) is 0. The first-order valence-electron chi connectivity index (χ1n) is 6.79. The number of carboxylic acid groups (broad SMARTS) is 1. The number of ether oxygens (including phenoxy) is 1. The van der Waals surface area contributed by atoms with Crippen molar-refractivity contribution < 1.29 is 19.4 Å². The summed E-state index contributed by atoms with van der Waals surface area (Å²) in [5.74, 6) is -0.291. The number of hydrogen-bond acceptors (Lipinski definition) is 3. The lowest BCUT2D eigenvalue weighted by atomic mass is 9.87. The SMILES string of the molecule is COCCN(CC(=O)O)C(=O)NC1CCC(C)CC1. The number of carboxylic acids is 1. The van der Waals surface area contributed by atoms with E-state index in [1.807, 2.05) is 0 Å². The van der Waals surface area contributed by atoms with Gasteiger partial charge in [0, 0.05) is 19.7 Å². The molecule has 0 heterocycles. The van der Waals surface area contributed by atoms with Gasteiger partial charge in [-0.15, -0.1) is 0 Å². The third kappa shape index (κ3) is 5.92. The van der Waals surface area contributed by atoms with Crippen molar-refractivity contribution in [3.05, 3.63) is 0 Å². The van der Waals surface area contributed by atoms with Gasteiger partial charge in [-0.05, 0) is 31.6 Å². The lowest BCUT2D eigenvalue weighted by Gasteiger charge is -2.29. The van der Waals surface area contributed by atoms with Crippen molar-refractivity contribution in [2.75, 3.05) is 26.8 Å². The summed E-state index contributed by atoms with van der Waals surface area (Å²) in [4.78, 5) is 24.1. The summed E-state index contributed by atoms with van der Waals surface area (Å²) in [7, 11) is 1.53. The maximum Gasteiger partial charge on any atom is 0.323 e. The third-order valence-electron chi connectivity index (χ3n) is 3.52. The average molecular weight is 272 g/mol. The number of carbonyl (C=O) groups excluding carboxylic acids is 1. The fraction of sp³-hybridized carbons (Fsp3) is 0.846. The molecule has 0 unspecified atom stereocenters. The van der Waals surface area contributed by atoms with Gasteiger partial charge in [-0.25, -0.2) is 4.79 Å². The highest BCUT2D eigenvalue weighted by Gasteiger charge is 2.23. The van der Waals surface area contributed by atoms with Crippen LogP contribution in [0.15, 0.2) is 0 Å². The predicted octanol–water partition coefficient (Wildman–Crippen LogP) is 1.31. The molecular weight excluding hydrogens is 248 g/mol. The number of nitrogens with zero attached hydrogens (tertiary/aromatic N) is 1. The molecule has 1 fully saturated rings. The molecule has 1 saturated carbocycles. The quantitative estimate of drug-likeness (QED) is 0.764. The van der Waals surface area contributed by atoms with Crippen molar-refractivity contribution in [2.24, 2.45) is 5.92 Å². The Morgan fingerprint density at radius 3 is 2.47 bits per heavy atom. The van der Waals surface area contributed by atoms with Gasteiger partial charge in [0.15, 0.2) is 0 Å². The highest BCUT2D eigenvalue weighted by molar-refractivity contribution is 5.80. The average Bonchev–Trinajstić information content (AvgIpc) is 2.36. The Balaban J connectivity index is 2.43. The lowest BCUT2D eigenvalue weighted by Crippen LogP contribution is -2.48. The van der Waals surface area contributed by atoms with Gasteiger partial charge in [0.2, 0.25) is 0 Å². The second-order valence-corrected chi connectivity index (χ2v) is 5.21. The third-order valence-corrected chi connectivity index (χ3v) is 3.52. The van der Waals surface area contributed by atoms with Crippen LogP contribution in [0, 0.1) is 5.92 Å². The van der Waals surface area contributed by atoms with Crippen LogP contribution in [0.2, 0.25) is 0 Å². The van der Waals surface area contributed by atoms with Gasteiger partial charge < -0.3 is 20.1 Å². The minimum Gasteiger partial charge on any atom is -0.480 e. The fourth-order valence-electron chi connectivity index (χ4n) is 2.29. The normalized spacial score (nSPS) is 22.8. The van der Waals surface area contributed by atoms with Crippen molar-refractivity contribution in [1.29, 1.82) is 0 Å². The van der Waals surface area contributed by atoms with Crippen LogP contribution in [0.3, 0.4) is 0 Å². The number of amides is 2. The Morgan fingerprint density at radius 1 is 1.32 bits per heavy atom. The monoisotopic (exact) mass is 272 g/mol. The van der Waals surface area contributed by atoms with E-state index in [1.54, 1.807) is 0 Å². The number of hydrogen-bond donors (Lipinski definition) is 2. The minimum atomic E-state index is -1.01. The molecule has 0 aliphatic heterocycles. The summed E-state index contributed by atoms with van der Waals surface area (Å²) < 4.78 is 4.89. The van der Waals surface area contributed by atoms with Crippen LogP contribution in [-0.4, -0.2) is 54.9 Å². The summed E-state index contributed by atoms with van der Waals surface area (Å²) in [6, 6.07) is -0.137. The van der Waals surface area contributed by atoms with Crippen molar-refractivity contribution in [3.8, 4) is 0 Å². The van der Waals surface area contributed by atoms with E-state index >= 15 is 0 Å². The van der Waals surface area contributed by atoms with Crippen molar-refractivity contribution in [2.45, 2.75) is 38.6 Å². The Kier molecular flexibility index (Phi) is 6.62. The van der Waals surface area contributed by atoms with Gasteiger partial charge in [0.25, 0.3) is 0 Å². The maximum atomic E-state index is 12.0. The molecule has 0 aromatic carbocycles. The first-order chi connectivity index (χ1) is 9.02. The zero-order chi connectivity index (χ0) is 14.3. The molecule has 0 bridgehead atoms.